The van der Waals surface area contributed by atoms with Crippen molar-refractivity contribution < 1.29 is 0 Å². The molecule has 2 rings (SSSR count). The zero-order chi connectivity index (χ0) is 12.1. The van der Waals surface area contributed by atoms with Crippen LogP contribution in [0.25, 0.3) is 0 Å². The van der Waals surface area contributed by atoms with E-state index in [1.807, 2.05) is 0 Å². The molecule has 18 heavy (non-hydrogen) atoms. The lowest BCUT2D eigenvalue weighted by Gasteiger charge is -2.17. The van der Waals surface area contributed by atoms with E-state index in [0.717, 1.165) is 12.6 Å². The van der Waals surface area contributed by atoms with E-state index >= 15 is 0 Å². The van der Waals surface area contributed by atoms with Gasteiger partial charge in [0.25, 0.3) is 0 Å². The van der Waals surface area contributed by atoms with Crippen LogP contribution in [0, 0.1) is 13.8 Å². The maximum Gasteiger partial charge on any atom is 0.0210 e. The predicted molar refractivity (Wildman–Crippen MR) is 81.5 cm³/mol. The van der Waals surface area contributed by atoms with Gasteiger partial charge in [-0.05, 0) is 37.8 Å². The average Bonchev–Trinajstić information content (AvgIpc) is 2.59. The molecule has 0 saturated heterocycles. The van der Waals surface area contributed by atoms with Crippen LogP contribution in [0.3, 0.4) is 0 Å². The van der Waals surface area contributed by atoms with E-state index in [2.05, 4.69) is 37.4 Å². The molecule has 1 aliphatic carbocycles. The van der Waals surface area contributed by atoms with Crippen LogP contribution in [0.15, 0.2) is 18.2 Å². The Hall–Kier alpha value is -0.530. The molecule has 0 aliphatic heterocycles. The predicted octanol–water partition coefficient (Wildman–Crippen LogP) is 4.54. The zero-order valence-electron chi connectivity index (χ0n) is 11.7. The number of benzene rings is 1. The molecule has 1 nitrogen and oxygen atoms in total. The number of aryl methyl sites for hydroxylation is 2. The third-order valence-corrected chi connectivity index (χ3v) is 3.94. The van der Waals surface area contributed by atoms with Crippen LogP contribution in [0.1, 0.15) is 55.2 Å². The molecule has 1 aromatic rings. The van der Waals surface area contributed by atoms with Gasteiger partial charge >= 0.3 is 0 Å². The molecule has 102 valence electrons. The fraction of sp³-hybridized carbons (Fsp3) is 0.625. The molecule has 1 aromatic carbocycles. The largest absolute Gasteiger partial charge is 0.310 e. The highest BCUT2D eigenvalue weighted by Crippen LogP contribution is 2.18. The van der Waals surface area contributed by atoms with E-state index in [9.17, 15) is 0 Å². The highest BCUT2D eigenvalue weighted by atomic mass is 35.5. The Morgan fingerprint density at radius 1 is 1.06 bits per heavy atom. The van der Waals surface area contributed by atoms with Crippen molar-refractivity contribution in [1.29, 1.82) is 0 Å². The first-order valence-electron chi connectivity index (χ1n) is 7.05. The molecule has 0 amide bonds. The molecule has 1 N–H and O–H groups in total. The first-order valence-corrected chi connectivity index (χ1v) is 7.05. The molecule has 1 aliphatic rings. The Labute approximate surface area is 118 Å². The monoisotopic (exact) mass is 267 g/mol. The zero-order valence-corrected chi connectivity index (χ0v) is 12.5. The fourth-order valence-corrected chi connectivity index (χ4v) is 2.73. The lowest BCUT2D eigenvalue weighted by molar-refractivity contribution is 0.458. The lowest BCUT2D eigenvalue weighted by Crippen LogP contribution is -2.28. The van der Waals surface area contributed by atoms with E-state index in [1.54, 1.807) is 0 Å². The number of nitrogens with one attached hydrogen (secondary N) is 1. The fourth-order valence-electron chi connectivity index (χ4n) is 2.73. The Kier molecular flexibility index (Phi) is 6.73. The Bertz CT molecular complexity index is 354. The second-order valence-corrected chi connectivity index (χ2v) is 5.50. The summed E-state index contributed by atoms with van der Waals surface area (Å²) < 4.78 is 0. The molecule has 0 spiro atoms. The minimum Gasteiger partial charge on any atom is -0.310 e. The number of halogens is 1. The van der Waals surface area contributed by atoms with Crippen LogP contribution in [0.5, 0.6) is 0 Å². The molecule has 0 heterocycles. The normalized spacial score (nSPS) is 17.0. The Balaban J connectivity index is 0.00000162. The van der Waals surface area contributed by atoms with Crippen molar-refractivity contribution in [2.24, 2.45) is 0 Å². The molecule has 0 aromatic heterocycles. The molecule has 0 atom stereocenters. The highest BCUT2D eigenvalue weighted by Gasteiger charge is 2.11. The Morgan fingerprint density at radius 2 is 1.72 bits per heavy atom. The SMILES string of the molecule is Cc1ccc(C)c(CNC2CCCCCC2)c1.Cl. The summed E-state index contributed by atoms with van der Waals surface area (Å²) in [6, 6.07) is 7.50. The minimum absolute atomic E-state index is 0. The summed E-state index contributed by atoms with van der Waals surface area (Å²) in [5, 5.41) is 3.75. The van der Waals surface area contributed by atoms with Crippen molar-refractivity contribution in [1.82, 2.24) is 5.32 Å². The third-order valence-electron chi connectivity index (χ3n) is 3.94. The smallest absolute Gasteiger partial charge is 0.0210 e. The van der Waals surface area contributed by atoms with Gasteiger partial charge in [0.05, 0.1) is 0 Å². The number of hydrogen-bond acceptors (Lipinski definition) is 1. The maximum atomic E-state index is 3.75. The topological polar surface area (TPSA) is 12.0 Å². The molecular weight excluding hydrogens is 242 g/mol. The summed E-state index contributed by atoms with van der Waals surface area (Å²) >= 11 is 0. The summed E-state index contributed by atoms with van der Waals surface area (Å²) in [6.07, 6.45) is 8.41. The van der Waals surface area contributed by atoms with Gasteiger partial charge in [-0.25, -0.2) is 0 Å². The van der Waals surface area contributed by atoms with Gasteiger partial charge in [-0.2, -0.15) is 0 Å². The molecule has 0 bridgehead atoms. The van der Waals surface area contributed by atoms with Gasteiger partial charge in [-0.15, -0.1) is 12.4 Å². The summed E-state index contributed by atoms with van der Waals surface area (Å²) in [5.74, 6) is 0. The van der Waals surface area contributed by atoms with E-state index in [4.69, 9.17) is 0 Å². The van der Waals surface area contributed by atoms with E-state index in [-0.39, 0.29) is 12.4 Å². The standard InChI is InChI=1S/C16H25N.ClH/c1-13-9-10-14(2)15(11-13)12-17-16-7-5-3-4-6-8-16;/h9-11,16-17H,3-8,12H2,1-2H3;1H. The van der Waals surface area contributed by atoms with E-state index in [1.165, 1.54) is 55.2 Å². The van der Waals surface area contributed by atoms with Gasteiger partial charge in [0.1, 0.15) is 0 Å². The minimum atomic E-state index is 0. The van der Waals surface area contributed by atoms with Crippen LogP contribution in [-0.2, 0) is 6.54 Å². The molecule has 1 saturated carbocycles. The quantitative estimate of drug-likeness (QED) is 0.793. The summed E-state index contributed by atoms with van der Waals surface area (Å²) in [4.78, 5) is 0. The second kappa shape index (κ2) is 7.81. The summed E-state index contributed by atoms with van der Waals surface area (Å²) in [7, 11) is 0. The van der Waals surface area contributed by atoms with E-state index in [0.29, 0.717) is 0 Å². The van der Waals surface area contributed by atoms with Crippen LogP contribution in [0.4, 0.5) is 0 Å². The molecular formula is C16H26ClN. The van der Waals surface area contributed by atoms with Crippen molar-refractivity contribution in [3.05, 3.63) is 34.9 Å². The van der Waals surface area contributed by atoms with Crippen molar-refractivity contribution in [2.75, 3.05) is 0 Å². The average molecular weight is 268 g/mol. The summed E-state index contributed by atoms with van der Waals surface area (Å²) in [6.45, 7) is 5.43. The van der Waals surface area contributed by atoms with Gasteiger partial charge in [0.15, 0.2) is 0 Å². The molecule has 2 heteroatoms. The maximum absolute atomic E-state index is 3.75. The first-order chi connectivity index (χ1) is 8.25. The first kappa shape index (κ1) is 15.5. The van der Waals surface area contributed by atoms with Crippen molar-refractivity contribution in [3.63, 3.8) is 0 Å². The highest BCUT2D eigenvalue weighted by molar-refractivity contribution is 5.85. The van der Waals surface area contributed by atoms with Gasteiger partial charge < -0.3 is 5.32 Å². The van der Waals surface area contributed by atoms with Crippen molar-refractivity contribution in [2.45, 2.75) is 65.0 Å². The van der Waals surface area contributed by atoms with Crippen LogP contribution < -0.4 is 5.32 Å². The van der Waals surface area contributed by atoms with Gasteiger partial charge in [0, 0.05) is 12.6 Å². The van der Waals surface area contributed by atoms with Gasteiger partial charge in [-0.3, -0.25) is 0 Å². The van der Waals surface area contributed by atoms with Crippen LogP contribution in [-0.4, -0.2) is 6.04 Å². The number of rotatable bonds is 3. The second-order valence-electron chi connectivity index (χ2n) is 5.50. The van der Waals surface area contributed by atoms with Crippen LogP contribution >= 0.6 is 12.4 Å². The van der Waals surface area contributed by atoms with Crippen molar-refractivity contribution >= 4 is 12.4 Å². The summed E-state index contributed by atoms with van der Waals surface area (Å²) in [5.41, 5.74) is 4.25. The van der Waals surface area contributed by atoms with Crippen molar-refractivity contribution in [3.8, 4) is 0 Å². The molecule has 0 radical (unpaired) electrons. The number of hydrogen-bond donors (Lipinski definition) is 1. The third kappa shape index (κ3) is 4.62. The molecule has 1 fully saturated rings. The van der Waals surface area contributed by atoms with Crippen LogP contribution in [0.2, 0.25) is 0 Å². The van der Waals surface area contributed by atoms with E-state index < -0.39 is 0 Å². The van der Waals surface area contributed by atoms with Gasteiger partial charge in [0.2, 0.25) is 0 Å². The Morgan fingerprint density at radius 3 is 2.39 bits per heavy atom. The van der Waals surface area contributed by atoms with Gasteiger partial charge in [-0.1, -0.05) is 49.4 Å². The lowest BCUT2D eigenvalue weighted by atomic mass is 10.0. The molecule has 0 unspecified atom stereocenters.